The highest BCUT2D eigenvalue weighted by Crippen LogP contribution is 2.32. The van der Waals surface area contributed by atoms with E-state index in [1.54, 1.807) is 0 Å². The molecule has 1 saturated carbocycles. The summed E-state index contributed by atoms with van der Waals surface area (Å²) in [5, 5.41) is 0. The fourth-order valence-electron chi connectivity index (χ4n) is 2.63. The van der Waals surface area contributed by atoms with Gasteiger partial charge in [-0.1, -0.05) is 27.2 Å². The SMILES string of the molecule is CC(C)c1c(N)ncnc1OC1CCCCC1C. The summed E-state index contributed by atoms with van der Waals surface area (Å²) in [6.07, 6.45) is 6.66. The van der Waals surface area contributed by atoms with Crippen LogP contribution in [0, 0.1) is 5.92 Å². The molecule has 100 valence electrons. The first-order chi connectivity index (χ1) is 8.59. The fraction of sp³-hybridized carbons (Fsp3) is 0.714. The number of ether oxygens (including phenoxy) is 1. The second-order valence-corrected chi connectivity index (χ2v) is 5.55. The lowest BCUT2D eigenvalue weighted by Gasteiger charge is -2.29. The predicted molar refractivity (Wildman–Crippen MR) is 72.6 cm³/mol. The van der Waals surface area contributed by atoms with Gasteiger partial charge in [-0.15, -0.1) is 0 Å². The van der Waals surface area contributed by atoms with Crippen molar-refractivity contribution in [2.45, 2.75) is 58.5 Å². The number of anilines is 1. The second-order valence-electron chi connectivity index (χ2n) is 5.55. The van der Waals surface area contributed by atoms with E-state index in [1.165, 1.54) is 25.6 Å². The van der Waals surface area contributed by atoms with Crippen LogP contribution in [0.1, 0.15) is 57.9 Å². The number of aromatic nitrogens is 2. The van der Waals surface area contributed by atoms with Gasteiger partial charge in [-0.05, 0) is 31.1 Å². The highest BCUT2D eigenvalue weighted by molar-refractivity contribution is 5.46. The summed E-state index contributed by atoms with van der Waals surface area (Å²) in [5.41, 5.74) is 6.87. The Labute approximate surface area is 109 Å². The largest absolute Gasteiger partial charge is 0.474 e. The predicted octanol–water partition coefficient (Wildman–Crippen LogP) is 3.14. The summed E-state index contributed by atoms with van der Waals surface area (Å²) in [6.45, 7) is 6.43. The third kappa shape index (κ3) is 2.74. The Morgan fingerprint density at radius 3 is 2.67 bits per heavy atom. The summed E-state index contributed by atoms with van der Waals surface area (Å²) in [6, 6.07) is 0. The van der Waals surface area contributed by atoms with E-state index in [0.29, 0.717) is 17.6 Å². The monoisotopic (exact) mass is 249 g/mol. The minimum Gasteiger partial charge on any atom is -0.474 e. The molecule has 0 radical (unpaired) electrons. The number of hydrogen-bond donors (Lipinski definition) is 1. The van der Waals surface area contributed by atoms with Crippen LogP contribution in [0.5, 0.6) is 5.88 Å². The van der Waals surface area contributed by atoms with Crippen LogP contribution >= 0.6 is 0 Å². The van der Waals surface area contributed by atoms with E-state index < -0.39 is 0 Å². The van der Waals surface area contributed by atoms with Gasteiger partial charge in [0.25, 0.3) is 0 Å². The average molecular weight is 249 g/mol. The van der Waals surface area contributed by atoms with Crippen molar-refractivity contribution in [3.8, 4) is 5.88 Å². The van der Waals surface area contributed by atoms with Crippen LogP contribution in [-0.2, 0) is 0 Å². The topological polar surface area (TPSA) is 61.0 Å². The summed E-state index contributed by atoms with van der Waals surface area (Å²) >= 11 is 0. The molecule has 4 nitrogen and oxygen atoms in total. The molecule has 1 aliphatic rings. The molecular weight excluding hydrogens is 226 g/mol. The van der Waals surface area contributed by atoms with Gasteiger partial charge in [0.1, 0.15) is 18.2 Å². The summed E-state index contributed by atoms with van der Waals surface area (Å²) in [7, 11) is 0. The molecule has 2 unspecified atom stereocenters. The van der Waals surface area contributed by atoms with E-state index in [2.05, 4.69) is 30.7 Å². The van der Waals surface area contributed by atoms with Crippen molar-refractivity contribution in [1.82, 2.24) is 9.97 Å². The maximum Gasteiger partial charge on any atom is 0.222 e. The third-order valence-corrected chi connectivity index (χ3v) is 3.75. The fourth-order valence-corrected chi connectivity index (χ4v) is 2.63. The molecule has 0 saturated heterocycles. The first kappa shape index (κ1) is 13.1. The summed E-state index contributed by atoms with van der Waals surface area (Å²) in [4.78, 5) is 8.34. The van der Waals surface area contributed by atoms with Crippen molar-refractivity contribution >= 4 is 5.82 Å². The zero-order valence-corrected chi connectivity index (χ0v) is 11.5. The van der Waals surface area contributed by atoms with Crippen LogP contribution in [0.25, 0.3) is 0 Å². The molecule has 1 aliphatic carbocycles. The first-order valence-electron chi connectivity index (χ1n) is 6.86. The minimum atomic E-state index is 0.269. The van der Waals surface area contributed by atoms with E-state index in [0.717, 1.165) is 12.0 Å². The maximum absolute atomic E-state index is 6.11. The number of nitrogens with two attached hydrogens (primary N) is 1. The van der Waals surface area contributed by atoms with Gasteiger partial charge >= 0.3 is 0 Å². The molecule has 2 N–H and O–H groups in total. The van der Waals surface area contributed by atoms with Crippen molar-refractivity contribution in [1.29, 1.82) is 0 Å². The van der Waals surface area contributed by atoms with Crippen molar-refractivity contribution in [2.24, 2.45) is 5.92 Å². The minimum absolute atomic E-state index is 0.269. The Balaban J connectivity index is 2.20. The van der Waals surface area contributed by atoms with Crippen LogP contribution in [-0.4, -0.2) is 16.1 Å². The van der Waals surface area contributed by atoms with Crippen LogP contribution in [0.3, 0.4) is 0 Å². The van der Waals surface area contributed by atoms with Crippen molar-refractivity contribution in [3.05, 3.63) is 11.9 Å². The Hall–Kier alpha value is -1.32. The van der Waals surface area contributed by atoms with E-state index in [9.17, 15) is 0 Å². The molecule has 2 rings (SSSR count). The number of nitrogen functional groups attached to an aromatic ring is 1. The molecule has 18 heavy (non-hydrogen) atoms. The molecule has 0 bridgehead atoms. The molecule has 1 heterocycles. The zero-order valence-electron chi connectivity index (χ0n) is 11.5. The van der Waals surface area contributed by atoms with Gasteiger partial charge in [0.05, 0.1) is 5.56 Å². The standard InChI is InChI=1S/C14H23N3O/c1-9(2)12-13(15)16-8-17-14(12)18-11-7-5-4-6-10(11)3/h8-11H,4-7H2,1-3H3,(H2,15,16,17). The number of nitrogens with zero attached hydrogens (tertiary/aromatic N) is 2. The number of hydrogen-bond acceptors (Lipinski definition) is 4. The van der Waals surface area contributed by atoms with E-state index in [4.69, 9.17) is 10.5 Å². The van der Waals surface area contributed by atoms with E-state index in [1.807, 2.05) is 0 Å². The van der Waals surface area contributed by atoms with Crippen LogP contribution in [0.2, 0.25) is 0 Å². The lowest BCUT2D eigenvalue weighted by atomic mass is 9.88. The average Bonchev–Trinajstić information content (AvgIpc) is 2.31. The Kier molecular flexibility index (Phi) is 4.04. The van der Waals surface area contributed by atoms with Gasteiger partial charge in [-0.25, -0.2) is 9.97 Å². The van der Waals surface area contributed by atoms with Gasteiger partial charge in [0.2, 0.25) is 5.88 Å². The van der Waals surface area contributed by atoms with Crippen molar-refractivity contribution < 1.29 is 4.74 Å². The number of rotatable bonds is 3. The molecular formula is C14H23N3O. The highest BCUT2D eigenvalue weighted by atomic mass is 16.5. The van der Waals surface area contributed by atoms with Crippen molar-refractivity contribution in [3.63, 3.8) is 0 Å². The second kappa shape index (κ2) is 5.55. The quantitative estimate of drug-likeness (QED) is 0.894. The normalized spacial score (nSPS) is 24.2. The van der Waals surface area contributed by atoms with Gasteiger partial charge in [-0.3, -0.25) is 0 Å². The zero-order chi connectivity index (χ0) is 13.1. The van der Waals surface area contributed by atoms with Crippen LogP contribution in [0.4, 0.5) is 5.82 Å². The molecule has 2 atom stereocenters. The van der Waals surface area contributed by atoms with Crippen LogP contribution < -0.4 is 10.5 Å². The Morgan fingerprint density at radius 2 is 2.00 bits per heavy atom. The molecule has 1 aromatic heterocycles. The highest BCUT2D eigenvalue weighted by Gasteiger charge is 2.25. The molecule has 1 aromatic rings. The van der Waals surface area contributed by atoms with Gasteiger partial charge in [0, 0.05) is 0 Å². The summed E-state index contributed by atoms with van der Waals surface area (Å²) < 4.78 is 6.11. The van der Waals surface area contributed by atoms with Gasteiger partial charge < -0.3 is 10.5 Å². The van der Waals surface area contributed by atoms with E-state index in [-0.39, 0.29) is 12.0 Å². The lowest BCUT2D eigenvalue weighted by molar-refractivity contribution is 0.0960. The van der Waals surface area contributed by atoms with Gasteiger partial charge in [-0.2, -0.15) is 0 Å². The first-order valence-corrected chi connectivity index (χ1v) is 6.86. The third-order valence-electron chi connectivity index (χ3n) is 3.75. The van der Waals surface area contributed by atoms with E-state index >= 15 is 0 Å². The Morgan fingerprint density at radius 1 is 1.28 bits per heavy atom. The molecule has 4 heteroatoms. The molecule has 0 amide bonds. The Bertz CT molecular complexity index is 406. The molecule has 0 aliphatic heterocycles. The molecule has 0 spiro atoms. The van der Waals surface area contributed by atoms with Crippen molar-refractivity contribution in [2.75, 3.05) is 5.73 Å². The maximum atomic E-state index is 6.11. The lowest BCUT2D eigenvalue weighted by Crippen LogP contribution is -2.29. The summed E-state index contributed by atoms with van der Waals surface area (Å²) in [5.74, 6) is 2.09. The molecule has 1 fully saturated rings. The van der Waals surface area contributed by atoms with Crippen LogP contribution in [0.15, 0.2) is 6.33 Å². The smallest absolute Gasteiger partial charge is 0.222 e. The molecule has 0 aromatic carbocycles. The van der Waals surface area contributed by atoms with Gasteiger partial charge in [0.15, 0.2) is 0 Å².